The van der Waals surface area contributed by atoms with Gasteiger partial charge in [-0.15, -0.1) is 16.7 Å². The highest BCUT2D eigenvalue weighted by Gasteiger charge is 2.46. The standard InChI is InChI=1S/C9H15ClN4/c1-6(10)8-11-12-13-14(8)5-7-4-9(7,2)3/h6-7H,4-5H2,1-3H3. The maximum absolute atomic E-state index is 5.96. The Kier molecular flexibility index (Phi) is 2.26. The zero-order valence-electron chi connectivity index (χ0n) is 8.74. The van der Waals surface area contributed by atoms with Crippen molar-refractivity contribution >= 4 is 11.6 Å². The zero-order chi connectivity index (χ0) is 10.3. The molecule has 1 aliphatic rings. The summed E-state index contributed by atoms with van der Waals surface area (Å²) in [7, 11) is 0. The molecule has 1 aromatic rings. The number of halogens is 1. The largest absolute Gasteiger partial charge is 0.228 e. The summed E-state index contributed by atoms with van der Waals surface area (Å²) in [6, 6.07) is 0. The third kappa shape index (κ3) is 1.75. The average Bonchev–Trinajstić information content (AvgIpc) is 2.52. The third-order valence-electron chi connectivity index (χ3n) is 3.03. The predicted octanol–water partition coefficient (Wildman–Crippen LogP) is 2.02. The fourth-order valence-corrected chi connectivity index (χ4v) is 1.88. The summed E-state index contributed by atoms with van der Waals surface area (Å²) >= 11 is 5.96. The molecule has 0 amide bonds. The van der Waals surface area contributed by atoms with Crippen LogP contribution in [-0.4, -0.2) is 20.2 Å². The fraction of sp³-hybridized carbons (Fsp3) is 0.889. The van der Waals surface area contributed by atoms with E-state index in [1.807, 2.05) is 11.6 Å². The Balaban J connectivity index is 2.07. The molecule has 1 fully saturated rings. The maximum atomic E-state index is 5.96. The molecule has 2 atom stereocenters. The molecule has 0 N–H and O–H groups in total. The van der Waals surface area contributed by atoms with Gasteiger partial charge in [0.15, 0.2) is 5.82 Å². The van der Waals surface area contributed by atoms with E-state index in [0.717, 1.165) is 12.4 Å². The Morgan fingerprint density at radius 3 is 2.79 bits per heavy atom. The van der Waals surface area contributed by atoms with Gasteiger partial charge in [-0.3, -0.25) is 0 Å². The van der Waals surface area contributed by atoms with Crippen molar-refractivity contribution < 1.29 is 0 Å². The van der Waals surface area contributed by atoms with Crippen LogP contribution in [0.25, 0.3) is 0 Å². The van der Waals surface area contributed by atoms with Crippen LogP contribution in [0.5, 0.6) is 0 Å². The second-order valence-corrected chi connectivity index (χ2v) is 5.38. The Labute approximate surface area is 88.6 Å². The van der Waals surface area contributed by atoms with Crippen LogP contribution in [0.2, 0.25) is 0 Å². The molecule has 5 heteroatoms. The smallest absolute Gasteiger partial charge is 0.168 e. The quantitative estimate of drug-likeness (QED) is 0.724. The first-order chi connectivity index (χ1) is 6.50. The number of alkyl halides is 1. The van der Waals surface area contributed by atoms with Crippen molar-refractivity contribution in [2.45, 2.75) is 39.1 Å². The van der Waals surface area contributed by atoms with Crippen molar-refractivity contribution in [1.29, 1.82) is 0 Å². The van der Waals surface area contributed by atoms with Gasteiger partial charge in [-0.2, -0.15) is 0 Å². The van der Waals surface area contributed by atoms with E-state index in [4.69, 9.17) is 11.6 Å². The predicted molar refractivity (Wildman–Crippen MR) is 54.0 cm³/mol. The molecule has 1 aromatic heterocycles. The van der Waals surface area contributed by atoms with Gasteiger partial charge in [0.05, 0.1) is 5.38 Å². The van der Waals surface area contributed by atoms with Crippen molar-refractivity contribution in [1.82, 2.24) is 20.2 Å². The molecule has 2 unspecified atom stereocenters. The minimum absolute atomic E-state index is 0.119. The monoisotopic (exact) mass is 214 g/mol. The number of aromatic nitrogens is 4. The molecule has 78 valence electrons. The lowest BCUT2D eigenvalue weighted by molar-refractivity contribution is 0.453. The summed E-state index contributed by atoms with van der Waals surface area (Å²) in [5, 5.41) is 11.4. The summed E-state index contributed by atoms with van der Waals surface area (Å²) < 4.78 is 1.83. The van der Waals surface area contributed by atoms with E-state index in [2.05, 4.69) is 29.4 Å². The summed E-state index contributed by atoms with van der Waals surface area (Å²) in [6.07, 6.45) is 1.25. The lowest BCUT2D eigenvalue weighted by atomic mass is 10.1. The van der Waals surface area contributed by atoms with Crippen LogP contribution < -0.4 is 0 Å². The highest BCUT2D eigenvalue weighted by molar-refractivity contribution is 6.20. The SMILES string of the molecule is CC(Cl)c1nnnn1CC1CC1(C)C. The molecule has 4 nitrogen and oxygen atoms in total. The molecule has 0 bridgehead atoms. The molecule has 0 radical (unpaired) electrons. The average molecular weight is 215 g/mol. The molecule has 14 heavy (non-hydrogen) atoms. The van der Waals surface area contributed by atoms with Gasteiger partial charge in [-0.05, 0) is 35.1 Å². The molecule has 1 heterocycles. The van der Waals surface area contributed by atoms with E-state index in [1.165, 1.54) is 6.42 Å². The van der Waals surface area contributed by atoms with Crippen LogP contribution in [0.1, 0.15) is 38.4 Å². The van der Waals surface area contributed by atoms with E-state index in [1.54, 1.807) is 0 Å². The van der Waals surface area contributed by atoms with Gasteiger partial charge in [0.25, 0.3) is 0 Å². The second-order valence-electron chi connectivity index (χ2n) is 4.72. The molecule has 0 aromatic carbocycles. The van der Waals surface area contributed by atoms with Crippen molar-refractivity contribution in [3.8, 4) is 0 Å². The van der Waals surface area contributed by atoms with E-state index >= 15 is 0 Å². The summed E-state index contributed by atoms with van der Waals surface area (Å²) in [5.41, 5.74) is 0.457. The molecule has 1 saturated carbocycles. The Morgan fingerprint density at radius 1 is 1.64 bits per heavy atom. The minimum atomic E-state index is -0.119. The second kappa shape index (κ2) is 3.19. The van der Waals surface area contributed by atoms with Crippen molar-refractivity contribution in [2.24, 2.45) is 11.3 Å². The van der Waals surface area contributed by atoms with Crippen LogP contribution in [0.3, 0.4) is 0 Å². The van der Waals surface area contributed by atoms with Gasteiger partial charge in [-0.25, -0.2) is 4.68 Å². The lowest BCUT2D eigenvalue weighted by Crippen LogP contribution is -2.10. The van der Waals surface area contributed by atoms with Gasteiger partial charge in [-0.1, -0.05) is 13.8 Å². The summed E-state index contributed by atoms with van der Waals surface area (Å²) in [6.45, 7) is 7.33. The Bertz CT molecular complexity index is 331. The fourth-order valence-electron chi connectivity index (χ4n) is 1.72. The van der Waals surface area contributed by atoms with Crippen molar-refractivity contribution in [3.63, 3.8) is 0 Å². The first kappa shape index (κ1) is 9.90. The van der Waals surface area contributed by atoms with Crippen molar-refractivity contribution in [3.05, 3.63) is 5.82 Å². The number of rotatable bonds is 3. The highest BCUT2D eigenvalue weighted by Crippen LogP contribution is 2.52. The summed E-state index contributed by atoms with van der Waals surface area (Å²) in [5.74, 6) is 1.47. The van der Waals surface area contributed by atoms with Crippen LogP contribution in [0.4, 0.5) is 0 Å². The number of nitrogens with zero attached hydrogens (tertiary/aromatic N) is 4. The molecule has 0 spiro atoms. The van der Waals surface area contributed by atoms with E-state index in [9.17, 15) is 0 Å². The Hall–Kier alpha value is -0.640. The van der Waals surface area contributed by atoms with Gasteiger partial charge in [0.2, 0.25) is 0 Å². The van der Waals surface area contributed by atoms with Gasteiger partial charge in [0, 0.05) is 6.54 Å². The molecular formula is C9H15ClN4. The van der Waals surface area contributed by atoms with Gasteiger partial charge in [0.1, 0.15) is 0 Å². The normalized spacial score (nSPS) is 26.1. The Morgan fingerprint density at radius 2 is 2.29 bits per heavy atom. The van der Waals surface area contributed by atoms with Crippen LogP contribution in [-0.2, 0) is 6.54 Å². The molecule has 1 aliphatic carbocycles. The summed E-state index contributed by atoms with van der Waals surface area (Å²) in [4.78, 5) is 0. The third-order valence-corrected chi connectivity index (χ3v) is 3.22. The van der Waals surface area contributed by atoms with Crippen LogP contribution in [0, 0.1) is 11.3 Å². The molecule has 0 aliphatic heterocycles. The molecular weight excluding hydrogens is 200 g/mol. The van der Waals surface area contributed by atoms with E-state index in [0.29, 0.717) is 11.3 Å². The number of tetrazole rings is 1. The van der Waals surface area contributed by atoms with Crippen LogP contribution in [0.15, 0.2) is 0 Å². The van der Waals surface area contributed by atoms with E-state index in [-0.39, 0.29) is 5.38 Å². The zero-order valence-corrected chi connectivity index (χ0v) is 9.49. The molecule has 0 saturated heterocycles. The van der Waals surface area contributed by atoms with Gasteiger partial charge < -0.3 is 0 Å². The number of hydrogen-bond donors (Lipinski definition) is 0. The lowest BCUT2D eigenvalue weighted by Gasteiger charge is -2.06. The van der Waals surface area contributed by atoms with Crippen LogP contribution >= 0.6 is 11.6 Å². The number of hydrogen-bond acceptors (Lipinski definition) is 3. The van der Waals surface area contributed by atoms with Gasteiger partial charge >= 0.3 is 0 Å². The first-order valence-corrected chi connectivity index (χ1v) is 5.34. The maximum Gasteiger partial charge on any atom is 0.168 e. The van der Waals surface area contributed by atoms with E-state index < -0.39 is 0 Å². The van der Waals surface area contributed by atoms with Crippen molar-refractivity contribution in [2.75, 3.05) is 0 Å². The topological polar surface area (TPSA) is 43.6 Å². The first-order valence-electron chi connectivity index (χ1n) is 4.91. The highest BCUT2D eigenvalue weighted by atomic mass is 35.5. The molecule has 2 rings (SSSR count). The minimum Gasteiger partial charge on any atom is -0.228 e.